The second kappa shape index (κ2) is 5.63. The van der Waals surface area contributed by atoms with Gasteiger partial charge >= 0.3 is 0 Å². The monoisotopic (exact) mass is 325 g/mol. The Morgan fingerprint density at radius 2 is 1.83 bits per heavy atom. The van der Waals surface area contributed by atoms with Gasteiger partial charge in [-0.15, -0.1) is 0 Å². The van der Waals surface area contributed by atoms with E-state index in [-0.39, 0.29) is 11.8 Å². The predicted molar refractivity (Wildman–Crippen MR) is 79.3 cm³/mol. The highest BCUT2D eigenvalue weighted by Crippen LogP contribution is 2.28. The molecule has 1 atom stereocenters. The first-order valence-electron chi connectivity index (χ1n) is 5.57. The fraction of sp³-hybridized carbons (Fsp3) is 0.143. The van der Waals surface area contributed by atoms with Crippen LogP contribution in [0, 0.1) is 0 Å². The lowest BCUT2D eigenvalue weighted by Crippen LogP contribution is -2.06. The highest BCUT2D eigenvalue weighted by Gasteiger charge is 2.06. The second-order valence-electron chi connectivity index (χ2n) is 4.09. The van der Waals surface area contributed by atoms with Crippen molar-refractivity contribution in [3.8, 4) is 5.75 Å². The number of hydrogen-bond donors (Lipinski definition) is 2. The van der Waals surface area contributed by atoms with Crippen molar-refractivity contribution in [2.75, 3.05) is 5.32 Å². The molecule has 94 valence electrons. The summed E-state index contributed by atoms with van der Waals surface area (Å²) in [5, 5.41) is 13.3. The molecular weight excluding hydrogens is 314 g/mol. The molecule has 0 aliphatic carbocycles. The molecule has 0 heterocycles. The standard InChI is InChI=1S/C14H13BrClNO/c1-9(10-2-5-12(18)6-3-10)17-11-4-7-13(15)14(16)8-11/h2-9,17-18H,1H3. The van der Waals surface area contributed by atoms with Crippen LogP contribution < -0.4 is 5.32 Å². The third-order valence-electron chi connectivity index (χ3n) is 2.70. The van der Waals surface area contributed by atoms with Crippen molar-refractivity contribution in [3.63, 3.8) is 0 Å². The first-order valence-corrected chi connectivity index (χ1v) is 6.74. The van der Waals surface area contributed by atoms with Crippen molar-refractivity contribution in [1.82, 2.24) is 0 Å². The topological polar surface area (TPSA) is 32.3 Å². The number of nitrogens with one attached hydrogen (secondary N) is 1. The Morgan fingerprint density at radius 3 is 2.44 bits per heavy atom. The minimum absolute atomic E-state index is 0.142. The Bertz CT molecular complexity index is 542. The molecular formula is C14H13BrClNO. The van der Waals surface area contributed by atoms with Crippen molar-refractivity contribution < 1.29 is 5.11 Å². The molecule has 0 bridgehead atoms. The number of halogens is 2. The number of phenols is 1. The van der Waals surface area contributed by atoms with Crippen LogP contribution >= 0.6 is 27.5 Å². The summed E-state index contributed by atoms with van der Waals surface area (Å²) in [4.78, 5) is 0. The molecule has 2 aromatic carbocycles. The Labute approximate surface area is 120 Å². The molecule has 2 aromatic rings. The van der Waals surface area contributed by atoms with Crippen molar-refractivity contribution >= 4 is 33.2 Å². The summed E-state index contributed by atoms with van der Waals surface area (Å²) in [7, 11) is 0. The Hall–Kier alpha value is -1.19. The van der Waals surface area contributed by atoms with Crippen molar-refractivity contribution in [1.29, 1.82) is 0 Å². The first kappa shape index (κ1) is 13.2. The number of anilines is 1. The maximum absolute atomic E-state index is 9.25. The lowest BCUT2D eigenvalue weighted by Gasteiger charge is -2.16. The summed E-state index contributed by atoms with van der Waals surface area (Å²) in [5.41, 5.74) is 2.07. The average molecular weight is 327 g/mol. The average Bonchev–Trinajstić information content (AvgIpc) is 2.34. The fourth-order valence-corrected chi connectivity index (χ4v) is 2.11. The van der Waals surface area contributed by atoms with Gasteiger partial charge in [-0.2, -0.15) is 0 Å². The van der Waals surface area contributed by atoms with E-state index in [4.69, 9.17) is 11.6 Å². The normalized spacial score (nSPS) is 12.2. The molecule has 2 rings (SSSR count). The highest BCUT2D eigenvalue weighted by molar-refractivity contribution is 9.10. The molecule has 0 aromatic heterocycles. The number of hydrogen-bond acceptors (Lipinski definition) is 2. The second-order valence-corrected chi connectivity index (χ2v) is 5.35. The molecule has 0 aliphatic rings. The van der Waals surface area contributed by atoms with E-state index >= 15 is 0 Å². The predicted octanol–water partition coefficient (Wildman–Crippen LogP) is 4.98. The number of benzene rings is 2. The Kier molecular flexibility index (Phi) is 4.15. The van der Waals surface area contributed by atoms with Crippen LogP contribution in [0.2, 0.25) is 5.02 Å². The largest absolute Gasteiger partial charge is 0.508 e. The van der Waals surface area contributed by atoms with E-state index in [2.05, 4.69) is 28.2 Å². The minimum atomic E-state index is 0.142. The molecule has 2 N–H and O–H groups in total. The van der Waals surface area contributed by atoms with Gasteiger partial charge in [0.2, 0.25) is 0 Å². The summed E-state index contributed by atoms with van der Waals surface area (Å²) in [6.07, 6.45) is 0. The third-order valence-corrected chi connectivity index (χ3v) is 3.93. The van der Waals surface area contributed by atoms with Gasteiger partial charge in [0.25, 0.3) is 0 Å². The fourth-order valence-electron chi connectivity index (χ4n) is 1.68. The molecule has 0 saturated carbocycles. The molecule has 0 aliphatic heterocycles. The van der Waals surface area contributed by atoms with E-state index in [0.717, 1.165) is 15.7 Å². The van der Waals surface area contributed by atoms with E-state index in [1.807, 2.05) is 30.3 Å². The van der Waals surface area contributed by atoms with E-state index in [1.54, 1.807) is 12.1 Å². The van der Waals surface area contributed by atoms with Gasteiger partial charge in [0, 0.05) is 16.2 Å². The van der Waals surface area contributed by atoms with Crippen LogP contribution in [0.3, 0.4) is 0 Å². The van der Waals surface area contributed by atoms with E-state index in [0.29, 0.717) is 5.02 Å². The van der Waals surface area contributed by atoms with Crippen LogP contribution in [0.25, 0.3) is 0 Å². The molecule has 0 saturated heterocycles. The Balaban J connectivity index is 2.13. The third kappa shape index (κ3) is 3.18. The Morgan fingerprint density at radius 1 is 1.17 bits per heavy atom. The van der Waals surface area contributed by atoms with Gasteiger partial charge in [-0.3, -0.25) is 0 Å². The minimum Gasteiger partial charge on any atom is -0.508 e. The number of aromatic hydroxyl groups is 1. The van der Waals surface area contributed by atoms with Crippen molar-refractivity contribution in [2.45, 2.75) is 13.0 Å². The molecule has 18 heavy (non-hydrogen) atoms. The van der Waals surface area contributed by atoms with Gasteiger partial charge in [-0.05, 0) is 58.7 Å². The zero-order valence-electron chi connectivity index (χ0n) is 9.82. The summed E-state index contributed by atoms with van der Waals surface area (Å²) >= 11 is 9.41. The van der Waals surface area contributed by atoms with Crippen LogP contribution in [0.4, 0.5) is 5.69 Å². The first-order chi connectivity index (χ1) is 8.56. The molecule has 0 fully saturated rings. The van der Waals surface area contributed by atoms with Crippen LogP contribution in [0.15, 0.2) is 46.9 Å². The summed E-state index contributed by atoms with van der Waals surface area (Å²) in [5.74, 6) is 0.276. The van der Waals surface area contributed by atoms with E-state index < -0.39 is 0 Å². The van der Waals surface area contributed by atoms with Crippen LogP contribution in [0.5, 0.6) is 5.75 Å². The number of phenolic OH excluding ortho intramolecular Hbond substituents is 1. The molecule has 0 amide bonds. The molecule has 1 unspecified atom stereocenters. The summed E-state index contributed by atoms with van der Waals surface area (Å²) < 4.78 is 0.881. The van der Waals surface area contributed by atoms with Crippen LogP contribution in [0.1, 0.15) is 18.5 Å². The molecule has 4 heteroatoms. The maximum Gasteiger partial charge on any atom is 0.115 e. The van der Waals surface area contributed by atoms with E-state index in [1.165, 1.54) is 0 Å². The van der Waals surface area contributed by atoms with Gasteiger partial charge in [-0.1, -0.05) is 23.7 Å². The smallest absolute Gasteiger partial charge is 0.115 e. The lowest BCUT2D eigenvalue weighted by atomic mass is 10.1. The number of rotatable bonds is 3. The molecule has 0 radical (unpaired) electrons. The summed E-state index contributed by atoms with van der Waals surface area (Å²) in [6, 6.07) is 13.1. The SMILES string of the molecule is CC(Nc1ccc(Br)c(Cl)c1)c1ccc(O)cc1. The zero-order chi connectivity index (χ0) is 13.1. The van der Waals surface area contributed by atoms with Crippen LogP contribution in [-0.4, -0.2) is 5.11 Å². The highest BCUT2D eigenvalue weighted by atomic mass is 79.9. The van der Waals surface area contributed by atoms with Gasteiger partial charge in [-0.25, -0.2) is 0 Å². The quantitative estimate of drug-likeness (QED) is 0.833. The van der Waals surface area contributed by atoms with Gasteiger partial charge in [0.1, 0.15) is 5.75 Å². The van der Waals surface area contributed by atoms with Gasteiger partial charge in [0.15, 0.2) is 0 Å². The lowest BCUT2D eigenvalue weighted by molar-refractivity contribution is 0.475. The summed E-state index contributed by atoms with van der Waals surface area (Å²) in [6.45, 7) is 2.06. The van der Waals surface area contributed by atoms with E-state index in [9.17, 15) is 5.11 Å². The van der Waals surface area contributed by atoms with Crippen molar-refractivity contribution in [3.05, 3.63) is 57.5 Å². The zero-order valence-corrected chi connectivity index (χ0v) is 12.2. The van der Waals surface area contributed by atoms with Gasteiger partial charge < -0.3 is 10.4 Å². The maximum atomic E-state index is 9.25. The van der Waals surface area contributed by atoms with Gasteiger partial charge in [0.05, 0.1) is 5.02 Å². The molecule has 2 nitrogen and oxygen atoms in total. The molecule has 0 spiro atoms. The van der Waals surface area contributed by atoms with Crippen molar-refractivity contribution in [2.24, 2.45) is 0 Å². The van der Waals surface area contributed by atoms with Crippen LogP contribution in [-0.2, 0) is 0 Å².